The van der Waals surface area contributed by atoms with Crippen molar-refractivity contribution in [2.75, 3.05) is 4.90 Å². The third-order valence-corrected chi connectivity index (χ3v) is 8.27. The van der Waals surface area contributed by atoms with Crippen LogP contribution in [0.3, 0.4) is 0 Å². The van der Waals surface area contributed by atoms with Crippen molar-refractivity contribution in [1.29, 1.82) is 0 Å². The molecule has 7 nitrogen and oxygen atoms in total. The number of pyridine rings is 1. The number of hydrogen-bond acceptors (Lipinski definition) is 6. The maximum absolute atomic E-state index is 14.1. The second kappa shape index (κ2) is 12.8. The monoisotopic (exact) mass is 549 g/mol. The largest absolute Gasteiger partial charge is 0.477 e. The number of thiophene rings is 1. The number of nitrogens with one attached hydrogen (secondary N) is 1. The lowest BCUT2D eigenvalue weighted by Gasteiger charge is -2.37. The molecule has 2 N–H and O–H groups in total. The molecule has 1 amide bonds. The van der Waals surface area contributed by atoms with Gasteiger partial charge in [-0.2, -0.15) is 0 Å². The molecule has 2 aliphatic carbocycles. The zero-order valence-corrected chi connectivity index (χ0v) is 24.1. The Morgan fingerprint density at radius 1 is 1.23 bits per heavy atom. The highest BCUT2D eigenvalue weighted by molar-refractivity contribution is 7.15. The Labute approximate surface area is 235 Å². The molecular formula is C31H39N3O4S. The van der Waals surface area contributed by atoms with Crippen LogP contribution in [0.15, 0.2) is 42.4 Å². The molecule has 0 unspecified atom stereocenters. The summed E-state index contributed by atoms with van der Waals surface area (Å²) in [5.74, 6) is 5.91. The van der Waals surface area contributed by atoms with Gasteiger partial charge in [-0.3, -0.25) is 20.1 Å². The van der Waals surface area contributed by atoms with Gasteiger partial charge in [-0.15, -0.1) is 11.3 Å². The van der Waals surface area contributed by atoms with E-state index in [0.29, 0.717) is 42.4 Å². The maximum Gasteiger partial charge on any atom is 0.348 e. The van der Waals surface area contributed by atoms with Gasteiger partial charge in [-0.25, -0.2) is 4.79 Å². The van der Waals surface area contributed by atoms with Crippen molar-refractivity contribution in [2.45, 2.75) is 85.3 Å². The predicted molar refractivity (Wildman–Crippen MR) is 154 cm³/mol. The summed E-state index contributed by atoms with van der Waals surface area (Å²) in [7, 11) is 0. The molecule has 2 aromatic heterocycles. The van der Waals surface area contributed by atoms with Gasteiger partial charge in [0.2, 0.25) is 5.91 Å². The fraction of sp³-hybridized carbons (Fsp3) is 0.516. The second-order valence-electron chi connectivity index (χ2n) is 11.7. The number of hydrogen-bond donors (Lipinski definition) is 2. The van der Waals surface area contributed by atoms with Gasteiger partial charge >= 0.3 is 5.97 Å². The normalized spacial score (nSPS) is 21.3. The van der Waals surface area contributed by atoms with Crippen LogP contribution in [0.4, 0.5) is 5.69 Å². The summed E-state index contributed by atoms with van der Waals surface area (Å²) in [6.45, 7) is 8.69. The van der Waals surface area contributed by atoms with E-state index in [9.17, 15) is 14.7 Å². The molecule has 208 valence electrons. The van der Waals surface area contributed by atoms with Crippen molar-refractivity contribution in [1.82, 2.24) is 10.5 Å². The SMILES string of the molecule is CC1CCC(C(=O)N(c2cc(C#CC(C)(C)C)sc2C(=O)O)[C@H]2CC=C(NOCc3cccnc3)CC2)CC1. The van der Waals surface area contributed by atoms with E-state index in [0.717, 1.165) is 48.3 Å². The zero-order valence-electron chi connectivity index (χ0n) is 23.3. The molecule has 1 saturated carbocycles. The van der Waals surface area contributed by atoms with Crippen molar-refractivity contribution in [3.05, 3.63) is 57.7 Å². The van der Waals surface area contributed by atoms with Crippen LogP contribution < -0.4 is 10.4 Å². The minimum Gasteiger partial charge on any atom is -0.477 e. The molecule has 39 heavy (non-hydrogen) atoms. The minimum atomic E-state index is -1.02. The lowest BCUT2D eigenvalue weighted by atomic mass is 9.81. The van der Waals surface area contributed by atoms with Crippen molar-refractivity contribution in [2.24, 2.45) is 17.3 Å². The van der Waals surface area contributed by atoms with Gasteiger partial charge < -0.3 is 10.0 Å². The van der Waals surface area contributed by atoms with Crippen LogP contribution in [0, 0.1) is 29.1 Å². The molecule has 1 fully saturated rings. The van der Waals surface area contributed by atoms with Crippen LogP contribution in [0.2, 0.25) is 0 Å². The number of hydroxylamine groups is 1. The number of nitrogens with zero attached hydrogens (tertiary/aromatic N) is 2. The molecule has 2 heterocycles. The van der Waals surface area contributed by atoms with E-state index in [1.807, 2.05) is 39.0 Å². The Morgan fingerprint density at radius 2 is 2.00 bits per heavy atom. The van der Waals surface area contributed by atoms with E-state index in [-0.39, 0.29) is 28.2 Å². The Bertz CT molecular complexity index is 1240. The summed E-state index contributed by atoms with van der Waals surface area (Å²) in [5, 5.41) is 10.1. The molecular weight excluding hydrogens is 510 g/mol. The number of carboxylic acid groups (broad SMARTS) is 1. The second-order valence-corrected chi connectivity index (χ2v) is 12.8. The highest BCUT2D eigenvalue weighted by atomic mass is 32.1. The first-order chi connectivity index (χ1) is 18.6. The summed E-state index contributed by atoms with van der Waals surface area (Å²) < 4.78 is 0. The number of rotatable bonds is 8. The van der Waals surface area contributed by atoms with Crippen LogP contribution in [-0.4, -0.2) is 28.0 Å². The molecule has 0 saturated heterocycles. The van der Waals surface area contributed by atoms with Gasteiger partial charge in [-0.05, 0) is 89.3 Å². The average molecular weight is 550 g/mol. The van der Waals surface area contributed by atoms with Gasteiger partial charge in [0.15, 0.2) is 0 Å². The maximum atomic E-state index is 14.1. The van der Waals surface area contributed by atoms with Crippen LogP contribution in [-0.2, 0) is 16.2 Å². The van der Waals surface area contributed by atoms with Crippen LogP contribution in [0.1, 0.15) is 92.8 Å². The zero-order chi connectivity index (χ0) is 28.0. The fourth-order valence-corrected chi connectivity index (χ4v) is 5.91. The van der Waals surface area contributed by atoms with Crippen molar-refractivity contribution in [3.8, 4) is 11.8 Å². The number of aromatic carboxylic acids is 1. The molecule has 8 heteroatoms. The summed E-state index contributed by atoms with van der Waals surface area (Å²) in [5.41, 5.74) is 5.27. The molecule has 4 rings (SSSR count). The molecule has 0 aromatic carbocycles. The van der Waals surface area contributed by atoms with Gasteiger partial charge in [0, 0.05) is 35.5 Å². The summed E-state index contributed by atoms with van der Waals surface area (Å²) >= 11 is 1.15. The topological polar surface area (TPSA) is 91.8 Å². The Morgan fingerprint density at radius 3 is 2.62 bits per heavy atom. The smallest absolute Gasteiger partial charge is 0.348 e. The number of carboxylic acids is 1. The predicted octanol–water partition coefficient (Wildman–Crippen LogP) is 6.56. The first kappa shape index (κ1) is 28.8. The fourth-order valence-electron chi connectivity index (χ4n) is 5.07. The van der Waals surface area contributed by atoms with E-state index in [2.05, 4.69) is 35.3 Å². The Kier molecular flexibility index (Phi) is 9.47. The molecule has 0 bridgehead atoms. The summed E-state index contributed by atoms with van der Waals surface area (Å²) in [4.78, 5) is 38.8. The molecule has 0 radical (unpaired) electrons. The third-order valence-electron chi connectivity index (χ3n) is 7.24. The van der Waals surface area contributed by atoms with Crippen molar-refractivity contribution >= 4 is 28.9 Å². The number of carbonyl (C=O) groups excluding carboxylic acids is 1. The van der Waals surface area contributed by atoms with Crippen LogP contribution in [0.5, 0.6) is 0 Å². The van der Waals surface area contributed by atoms with Gasteiger partial charge in [-0.1, -0.05) is 30.9 Å². The lowest BCUT2D eigenvalue weighted by Crippen LogP contribution is -2.46. The molecule has 0 aliphatic heterocycles. The molecule has 2 aromatic rings. The summed E-state index contributed by atoms with van der Waals surface area (Å²) in [6.07, 6.45) is 11.3. The molecule has 2 aliphatic rings. The Hall–Kier alpha value is -3.15. The van der Waals surface area contributed by atoms with Crippen LogP contribution in [0.25, 0.3) is 0 Å². The molecule has 0 spiro atoms. The lowest BCUT2D eigenvalue weighted by molar-refractivity contribution is -0.124. The third kappa shape index (κ3) is 7.93. The molecule has 1 atom stereocenters. The van der Waals surface area contributed by atoms with Crippen molar-refractivity contribution < 1.29 is 19.5 Å². The van der Waals surface area contributed by atoms with Gasteiger partial charge in [0.05, 0.1) is 10.6 Å². The quantitative estimate of drug-likeness (QED) is 0.286. The van der Waals surface area contributed by atoms with Gasteiger partial charge in [0.25, 0.3) is 0 Å². The van der Waals surface area contributed by atoms with Crippen molar-refractivity contribution in [3.63, 3.8) is 0 Å². The number of allylic oxidation sites excluding steroid dienone is 1. The van der Waals surface area contributed by atoms with E-state index in [1.54, 1.807) is 17.3 Å². The highest BCUT2D eigenvalue weighted by Crippen LogP contribution is 2.38. The van der Waals surface area contributed by atoms with E-state index < -0.39 is 5.97 Å². The average Bonchev–Trinajstić information content (AvgIpc) is 3.33. The number of anilines is 1. The summed E-state index contributed by atoms with van der Waals surface area (Å²) in [6, 6.07) is 5.51. The highest BCUT2D eigenvalue weighted by Gasteiger charge is 2.36. The first-order valence-electron chi connectivity index (χ1n) is 13.8. The Balaban J connectivity index is 1.56. The standard InChI is InChI=1S/C31H39N3O4S/c1-21-7-9-23(10-8-21)29(35)34(27-18-26(15-16-31(2,3)4)39-28(27)30(36)37)25-13-11-24(12-14-25)33-38-20-22-6-5-17-32-19-22/h5-6,11,17-19,21,23,25,33H,7-10,12-14,20H2,1-4H3,(H,36,37)/t21?,23?,25-/m0/s1. The number of amides is 1. The van der Waals surface area contributed by atoms with E-state index >= 15 is 0 Å². The first-order valence-corrected chi connectivity index (χ1v) is 14.6. The number of carbonyl (C=O) groups is 2. The van der Waals surface area contributed by atoms with E-state index in [4.69, 9.17) is 4.84 Å². The number of aromatic nitrogens is 1. The van der Waals surface area contributed by atoms with Crippen LogP contribution >= 0.6 is 11.3 Å². The van der Waals surface area contributed by atoms with Gasteiger partial charge in [0.1, 0.15) is 11.5 Å². The minimum absolute atomic E-state index is 0.0418. The van der Waals surface area contributed by atoms with E-state index in [1.165, 1.54) is 0 Å².